The van der Waals surface area contributed by atoms with Gasteiger partial charge in [0, 0.05) is 23.7 Å². The lowest BCUT2D eigenvalue weighted by atomic mass is 10.3. The number of carbonyl (C=O) groups excluding carboxylic acids is 2. The molecule has 2 amide bonds. The average Bonchev–Trinajstić information content (AvgIpc) is 2.57. The van der Waals surface area contributed by atoms with Gasteiger partial charge in [-0.15, -0.1) is 0 Å². The largest absolute Gasteiger partial charge is 0.350 e. The predicted octanol–water partition coefficient (Wildman–Crippen LogP) is 3.26. The topological polar surface area (TPSA) is 84.0 Å². The van der Waals surface area contributed by atoms with Gasteiger partial charge in [0.1, 0.15) is 0 Å². The molecule has 0 aliphatic heterocycles. The summed E-state index contributed by atoms with van der Waals surface area (Å²) in [7, 11) is 0. The number of hydrogen-bond donors (Lipinski definition) is 2. The molecule has 0 spiro atoms. The van der Waals surface area contributed by atoms with E-state index in [-0.39, 0.29) is 29.6 Å². The van der Waals surface area contributed by atoms with E-state index in [4.69, 9.17) is 23.2 Å². The molecular weight excluding hydrogens is 371 g/mol. The van der Waals surface area contributed by atoms with Crippen LogP contribution in [0.1, 0.15) is 16.9 Å². The average molecular weight is 385 g/mol. The van der Waals surface area contributed by atoms with Gasteiger partial charge in [0.05, 0.1) is 11.2 Å². The Morgan fingerprint density at radius 1 is 1.21 bits per heavy atom. The number of anilines is 1. The van der Waals surface area contributed by atoms with Crippen LogP contribution in [0.2, 0.25) is 10.0 Å². The molecule has 0 atom stereocenters. The van der Waals surface area contributed by atoms with E-state index in [1.807, 2.05) is 0 Å². The molecule has 126 valence electrons. The van der Waals surface area contributed by atoms with Crippen LogP contribution in [0.5, 0.6) is 0 Å². The number of rotatable bonds is 6. The van der Waals surface area contributed by atoms with Crippen molar-refractivity contribution < 1.29 is 9.59 Å². The number of nitrogens with one attached hydrogen (secondary N) is 2. The van der Waals surface area contributed by atoms with Crippen molar-refractivity contribution in [1.29, 1.82) is 0 Å². The molecule has 9 heteroatoms. The molecule has 0 saturated heterocycles. The molecule has 0 radical (unpaired) electrons. The van der Waals surface area contributed by atoms with Crippen LogP contribution < -0.4 is 10.6 Å². The number of nitrogens with zero attached hydrogens (tertiary/aromatic N) is 2. The summed E-state index contributed by atoms with van der Waals surface area (Å²) >= 11 is 13.0. The molecule has 0 bridgehead atoms. The molecule has 1 aromatic carbocycles. The molecule has 0 aliphatic rings. The smallest absolute Gasteiger partial charge is 0.271 e. The van der Waals surface area contributed by atoms with Gasteiger partial charge in [-0.05, 0) is 30.5 Å². The second kappa shape index (κ2) is 8.86. The predicted molar refractivity (Wildman–Crippen MR) is 95.9 cm³/mol. The van der Waals surface area contributed by atoms with E-state index in [1.54, 1.807) is 30.5 Å². The van der Waals surface area contributed by atoms with Crippen molar-refractivity contribution >= 4 is 52.5 Å². The summed E-state index contributed by atoms with van der Waals surface area (Å²) in [6.07, 6.45) is 3.29. The fraction of sp³-hybridized carbons (Fsp3) is 0.200. The van der Waals surface area contributed by atoms with Crippen molar-refractivity contribution in [2.45, 2.75) is 11.6 Å². The highest BCUT2D eigenvalue weighted by Gasteiger charge is 2.14. The lowest BCUT2D eigenvalue weighted by Gasteiger charge is -2.08. The van der Waals surface area contributed by atoms with Gasteiger partial charge < -0.3 is 10.6 Å². The van der Waals surface area contributed by atoms with E-state index in [2.05, 4.69) is 20.6 Å². The number of amides is 2. The first kappa shape index (κ1) is 18.5. The first-order valence-electron chi connectivity index (χ1n) is 6.89. The van der Waals surface area contributed by atoms with E-state index < -0.39 is 5.91 Å². The standard InChI is InChI=1S/C15H14Cl2N4O2S/c1-24-15-19-8-11(17)13(21-15)14(23)18-7-6-12(22)20-10-4-2-9(16)3-5-10/h2-5,8H,6-7H2,1H3,(H,18,23)(H,20,22). The Morgan fingerprint density at radius 2 is 1.92 bits per heavy atom. The molecule has 6 nitrogen and oxygen atoms in total. The Bertz CT molecular complexity index is 741. The Kier molecular flexibility index (Phi) is 6.84. The molecule has 24 heavy (non-hydrogen) atoms. The van der Waals surface area contributed by atoms with E-state index >= 15 is 0 Å². The quantitative estimate of drug-likeness (QED) is 0.589. The van der Waals surface area contributed by atoms with Gasteiger partial charge in [-0.2, -0.15) is 0 Å². The fourth-order valence-corrected chi connectivity index (χ4v) is 2.38. The first-order chi connectivity index (χ1) is 11.5. The number of carbonyl (C=O) groups is 2. The van der Waals surface area contributed by atoms with Crippen molar-refractivity contribution in [1.82, 2.24) is 15.3 Å². The van der Waals surface area contributed by atoms with Crippen LogP contribution in [-0.2, 0) is 4.79 Å². The lowest BCUT2D eigenvalue weighted by Crippen LogP contribution is -2.28. The second-order valence-corrected chi connectivity index (χ2v) is 6.23. The second-order valence-electron chi connectivity index (χ2n) is 4.61. The maximum absolute atomic E-state index is 12.1. The molecule has 0 fully saturated rings. The molecule has 2 rings (SSSR count). The van der Waals surface area contributed by atoms with Gasteiger partial charge in [0.15, 0.2) is 10.9 Å². The molecule has 2 N–H and O–H groups in total. The minimum Gasteiger partial charge on any atom is -0.350 e. The van der Waals surface area contributed by atoms with Crippen LogP contribution >= 0.6 is 35.0 Å². The Morgan fingerprint density at radius 3 is 2.58 bits per heavy atom. The van der Waals surface area contributed by atoms with Crippen molar-refractivity contribution in [3.05, 3.63) is 46.2 Å². The zero-order valence-electron chi connectivity index (χ0n) is 12.7. The highest BCUT2D eigenvalue weighted by atomic mass is 35.5. The molecule has 0 saturated carbocycles. The zero-order valence-corrected chi connectivity index (χ0v) is 15.0. The molecule has 2 aromatic rings. The summed E-state index contributed by atoms with van der Waals surface area (Å²) in [5.41, 5.74) is 0.730. The van der Waals surface area contributed by atoms with Gasteiger partial charge >= 0.3 is 0 Å². The van der Waals surface area contributed by atoms with Crippen LogP contribution in [0.4, 0.5) is 5.69 Å². The minimum atomic E-state index is -0.447. The monoisotopic (exact) mass is 384 g/mol. The van der Waals surface area contributed by atoms with Crippen LogP contribution in [0.15, 0.2) is 35.6 Å². The van der Waals surface area contributed by atoms with E-state index in [1.165, 1.54) is 18.0 Å². The third kappa shape index (κ3) is 5.36. The molecule has 1 heterocycles. The van der Waals surface area contributed by atoms with Crippen LogP contribution in [0, 0.1) is 0 Å². The SMILES string of the molecule is CSc1ncc(Cl)c(C(=O)NCCC(=O)Nc2ccc(Cl)cc2)n1. The highest BCUT2D eigenvalue weighted by Crippen LogP contribution is 2.16. The molecular formula is C15H14Cl2N4O2S. The minimum absolute atomic E-state index is 0.0918. The Hall–Kier alpha value is -1.83. The normalized spacial score (nSPS) is 10.3. The zero-order chi connectivity index (χ0) is 17.5. The highest BCUT2D eigenvalue weighted by molar-refractivity contribution is 7.98. The Balaban J connectivity index is 1.84. The van der Waals surface area contributed by atoms with Crippen molar-refractivity contribution in [3.63, 3.8) is 0 Å². The number of thioether (sulfide) groups is 1. The van der Waals surface area contributed by atoms with Crippen molar-refractivity contribution in [3.8, 4) is 0 Å². The molecule has 0 unspecified atom stereocenters. The Labute approximate surface area is 153 Å². The molecule has 0 aliphatic carbocycles. The molecule has 1 aromatic heterocycles. The van der Waals surface area contributed by atoms with Crippen molar-refractivity contribution in [2.75, 3.05) is 18.1 Å². The van der Waals surface area contributed by atoms with Gasteiger partial charge in [0.25, 0.3) is 5.91 Å². The van der Waals surface area contributed by atoms with Crippen molar-refractivity contribution in [2.24, 2.45) is 0 Å². The summed E-state index contributed by atoms with van der Waals surface area (Å²) in [5.74, 6) is -0.673. The summed E-state index contributed by atoms with van der Waals surface area (Å²) in [4.78, 5) is 31.9. The third-order valence-electron chi connectivity index (χ3n) is 2.89. The summed E-state index contributed by atoms with van der Waals surface area (Å²) in [5, 5.41) is 6.52. The first-order valence-corrected chi connectivity index (χ1v) is 8.88. The maximum atomic E-state index is 12.1. The van der Waals surface area contributed by atoms with Crippen LogP contribution in [0.3, 0.4) is 0 Å². The lowest BCUT2D eigenvalue weighted by molar-refractivity contribution is -0.116. The number of halogens is 2. The fourth-order valence-electron chi connectivity index (χ4n) is 1.74. The summed E-state index contributed by atoms with van der Waals surface area (Å²) in [6, 6.07) is 6.76. The van der Waals surface area contributed by atoms with Gasteiger partial charge in [0.2, 0.25) is 5.91 Å². The van der Waals surface area contributed by atoms with E-state index in [0.717, 1.165) is 0 Å². The van der Waals surface area contributed by atoms with Gasteiger partial charge in [-0.25, -0.2) is 9.97 Å². The number of hydrogen-bond acceptors (Lipinski definition) is 5. The number of aromatic nitrogens is 2. The van der Waals surface area contributed by atoms with Crippen LogP contribution in [0.25, 0.3) is 0 Å². The van der Waals surface area contributed by atoms with Gasteiger partial charge in [-0.3, -0.25) is 9.59 Å². The third-order valence-corrected chi connectivity index (χ3v) is 3.98. The van der Waals surface area contributed by atoms with Gasteiger partial charge in [-0.1, -0.05) is 35.0 Å². The van der Waals surface area contributed by atoms with Crippen LogP contribution in [-0.4, -0.2) is 34.6 Å². The number of benzene rings is 1. The summed E-state index contributed by atoms with van der Waals surface area (Å²) < 4.78 is 0. The van der Waals surface area contributed by atoms with E-state index in [9.17, 15) is 9.59 Å². The van der Waals surface area contributed by atoms with E-state index in [0.29, 0.717) is 15.9 Å². The maximum Gasteiger partial charge on any atom is 0.271 e. The summed E-state index contributed by atoms with van der Waals surface area (Å²) in [6.45, 7) is 0.160.